The van der Waals surface area contributed by atoms with Crippen molar-refractivity contribution in [1.29, 1.82) is 0 Å². The van der Waals surface area contributed by atoms with Gasteiger partial charge in [-0.15, -0.1) is 0 Å². The number of rotatable bonds is 8. The Morgan fingerprint density at radius 2 is 2.04 bits per heavy atom. The monoisotopic (exact) mass is 382 g/mol. The van der Waals surface area contributed by atoms with Crippen LogP contribution in [0.1, 0.15) is 55.2 Å². The summed E-state index contributed by atoms with van der Waals surface area (Å²) >= 11 is 0. The normalized spacial score (nSPS) is 12.2. The van der Waals surface area contributed by atoms with Crippen LogP contribution in [-0.2, 0) is 11.3 Å². The number of aromatic nitrogens is 4. The standard InChI is InChI=1S/C20H26N6O2/c1-4-5-6-13(2)26-19-16(18(21)22-12-23-19)17(25-26)20(27)24-15-9-7-14(8-10-15)11-28-3/h7-10,12-13H,4-6,11H2,1-3H3,(H,24,27)(H2,21,22,23). The second kappa shape index (κ2) is 8.79. The molecule has 0 saturated carbocycles. The molecule has 0 aliphatic rings. The van der Waals surface area contributed by atoms with Gasteiger partial charge in [-0.25, -0.2) is 14.6 Å². The predicted molar refractivity (Wildman–Crippen MR) is 109 cm³/mol. The van der Waals surface area contributed by atoms with Crippen molar-refractivity contribution in [3.63, 3.8) is 0 Å². The number of nitrogen functional groups attached to an aromatic ring is 1. The van der Waals surface area contributed by atoms with Crippen molar-refractivity contribution in [2.45, 2.75) is 45.8 Å². The molecule has 0 saturated heterocycles. The van der Waals surface area contributed by atoms with Crippen LogP contribution < -0.4 is 11.1 Å². The molecule has 1 atom stereocenters. The van der Waals surface area contributed by atoms with E-state index < -0.39 is 0 Å². The number of anilines is 2. The highest BCUT2D eigenvalue weighted by molar-refractivity contribution is 6.13. The number of nitrogens with zero attached hydrogens (tertiary/aromatic N) is 4. The zero-order chi connectivity index (χ0) is 20.1. The van der Waals surface area contributed by atoms with Gasteiger partial charge in [-0.05, 0) is 31.0 Å². The quantitative estimate of drug-likeness (QED) is 0.617. The van der Waals surface area contributed by atoms with E-state index in [9.17, 15) is 4.79 Å². The number of carbonyl (C=O) groups is 1. The van der Waals surface area contributed by atoms with Crippen LogP contribution in [0.15, 0.2) is 30.6 Å². The summed E-state index contributed by atoms with van der Waals surface area (Å²) in [6.45, 7) is 4.73. The van der Waals surface area contributed by atoms with Crippen molar-refractivity contribution in [3.05, 3.63) is 41.9 Å². The van der Waals surface area contributed by atoms with Crippen LogP contribution in [0.4, 0.5) is 11.5 Å². The summed E-state index contributed by atoms with van der Waals surface area (Å²) in [7, 11) is 1.64. The van der Waals surface area contributed by atoms with Gasteiger partial charge in [-0.1, -0.05) is 31.9 Å². The molecule has 3 aromatic rings. The van der Waals surface area contributed by atoms with E-state index in [1.165, 1.54) is 6.33 Å². The minimum absolute atomic E-state index is 0.103. The third-order valence-corrected chi connectivity index (χ3v) is 4.65. The molecule has 0 bridgehead atoms. The zero-order valence-electron chi connectivity index (χ0n) is 16.5. The van der Waals surface area contributed by atoms with E-state index >= 15 is 0 Å². The Morgan fingerprint density at radius 3 is 2.71 bits per heavy atom. The fraction of sp³-hybridized carbons (Fsp3) is 0.400. The Hall–Kier alpha value is -3.00. The van der Waals surface area contributed by atoms with Crippen LogP contribution in [0, 0.1) is 0 Å². The molecule has 1 amide bonds. The number of methoxy groups -OCH3 is 1. The third-order valence-electron chi connectivity index (χ3n) is 4.65. The molecule has 0 aliphatic carbocycles. The number of hydrogen-bond acceptors (Lipinski definition) is 6. The number of nitrogens with one attached hydrogen (secondary N) is 1. The average molecular weight is 382 g/mol. The molecule has 0 aliphatic heterocycles. The minimum Gasteiger partial charge on any atom is -0.383 e. The summed E-state index contributed by atoms with van der Waals surface area (Å²) in [5.74, 6) is -0.0908. The van der Waals surface area contributed by atoms with E-state index in [0.29, 0.717) is 23.3 Å². The fourth-order valence-electron chi connectivity index (χ4n) is 3.12. The highest BCUT2D eigenvalue weighted by atomic mass is 16.5. The Balaban J connectivity index is 1.92. The fourth-order valence-corrected chi connectivity index (χ4v) is 3.12. The van der Waals surface area contributed by atoms with Gasteiger partial charge in [0.15, 0.2) is 11.3 Å². The maximum absolute atomic E-state index is 12.9. The van der Waals surface area contributed by atoms with Gasteiger partial charge in [0.25, 0.3) is 5.91 Å². The van der Waals surface area contributed by atoms with Gasteiger partial charge in [0.1, 0.15) is 12.1 Å². The molecule has 0 spiro atoms. The largest absolute Gasteiger partial charge is 0.383 e. The Labute approximate surface area is 164 Å². The van der Waals surface area contributed by atoms with Gasteiger partial charge in [-0.3, -0.25) is 4.79 Å². The lowest BCUT2D eigenvalue weighted by Gasteiger charge is -2.12. The number of unbranched alkanes of at least 4 members (excludes halogenated alkanes) is 1. The number of nitrogens with two attached hydrogens (primary N) is 1. The Morgan fingerprint density at radius 1 is 1.29 bits per heavy atom. The van der Waals surface area contributed by atoms with Crippen molar-refractivity contribution in [2.24, 2.45) is 0 Å². The first-order valence-electron chi connectivity index (χ1n) is 9.43. The number of hydrogen-bond donors (Lipinski definition) is 2. The maximum atomic E-state index is 12.9. The zero-order valence-corrected chi connectivity index (χ0v) is 16.5. The summed E-state index contributed by atoms with van der Waals surface area (Å²) in [5.41, 5.74) is 8.56. The second-order valence-corrected chi connectivity index (χ2v) is 6.83. The van der Waals surface area contributed by atoms with Gasteiger partial charge < -0.3 is 15.8 Å². The topological polar surface area (TPSA) is 108 Å². The highest BCUT2D eigenvalue weighted by Gasteiger charge is 2.23. The molecule has 2 heterocycles. The first kappa shape index (κ1) is 19.8. The van der Waals surface area contributed by atoms with E-state index in [2.05, 4.69) is 34.2 Å². The lowest BCUT2D eigenvalue weighted by Crippen LogP contribution is -2.15. The maximum Gasteiger partial charge on any atom is 0.277 e. The number of benzene rings is 1. The summed E-state index contributed by atoms with van der Waals surface area (Å²) in [6, 6.07) is 7.57. The highest BCUT2D eigenvalue weighted by Crippen LogP contribution is 2.26. The minimum atomic E-state index is -0.340. The molecule has 8 heteroatoms. The van der Waals surface area contributed by atoms with Gasteiger partial charge in [0, 0.05) is 12.8 Å². The van der Waals surface area contributed by atoms with Crippen LogP contribution in [0.3, 0.4) is 0 Å². The molecular formula is C20H26N6O2. The van der Waals surface area contributed by atoms with E-state index in [4.69, 9.17) is 10.5 Å². The van der Waals surface area contributed by atoms with E-state index in [0.717, 1.165) is 24.8 Å². The van der Waals surface area contributed by atoms with E-state index in [-0.39, 0.29) is 23.5 Å². The predicted octanol–water partition coefficient (Wildman–Crippen LogP) is 3.56. The molecular weight excluding hydrogens is 356 g/mol. The van der Waals surface area contributed by atoms with Crippen molar-refractivity contribution < 1.29 is 9.53 Å². The van der Waals surface area contributed by atoms with Gasteiger partial charge in [-0.2, -0.15) is 5.10 Å². The summed E-state index contributed by atoms with van der Waals surface area (Å²) in [5, 5.41) is 7.91. The van der Waals surface area contributed by atoms with Crippen molar-refractivity contribution in [1.82, 2.24) is 19.7 Å². The number of carbonyl (C=O) groups excluding carboxylic acids is 1. The average Bonchev–Trinajstić information content (AvgIpc) is 3.09. The number of amides is 1. The van der Waals surface area contributed by atoms with Gasteiger partial charge in [0.05, 0.1) is 18.0 Å². The van der Waals surface area contributed by atoms with Crippen LogP contribution in [-0.4, -0.2) is 32.8 Å². The van der Waals surface area contributed by atoms with Gasteiger partial charge >= 0.3 is 0 Å². The molecule has 3 N–H and O–H groups in total. The van der Waals surface area contributed by atoms with Crippen LogP contribution >= 0.6 is 0 Å². The molecule has 148 valence electrons. The number of fused-ring (bicyclic) bond motifs is 1. The van der Waals surface area contributed by atoms with Crippen LogP contribution in [0.25, 0.3) is 11.0 Å². The second-order valence-electron chi connectivity index (χ2n) is 6.83. The van der Waals surface area contributed by atoms with Crippen LogP contribution in [0.2, 0.25) is 0 Å². The Bertz CT molecular complexity index is 951. The Kier molecular flexibility index (Phi) is 6.20. The first-order chi connectivity index (χ1) is 13.5. The first-order valence-corrected chi connectivity index (χ1v) is 9.43. The van der Waals surface area contributed by atoms with E-state index in [1.54, 1.807) is 11.8 Å². The smallest absolute Gasteiger partial charge is 0.277 e. The molecule has 2 aromatic heterocycles. The number of ether oxygens (including phenoxy) is 1. The van der Waals surface area contributed by atoms with Crippen molar-refractivity contribution >= 4 is 28.4 Å². The molecule has 1 unspecified atom stereocenters. The van der Waals surface area contributed by atoms with Gasteiger partial charge in [0.2, 0.25) is 0 Å². The molecule has 28 heavy (non-hydrogen) atoms. The van der Waals surface area contributed by atoms with Crippen molar-refractivity contribution in [2.75, 3.05) is 18.2 Å². The molecule has 8 nitrogen and oxygen atoms in total. The van der Waals surface area contributed by atoms with Crippen LogP contribution in [0.5, 0.6) is 0 Å². The summed E-state index contributed by atoms with van der Waals surface area (Å²) in [4.78, 5) is 21.3. The molecule has 1 aromatic carbocycles. The SMILES string of the molecule is CCCCC(C)n1nc(C(=O)Nc2ccc(COC)cc2)c2c(N)ncnc21. The molecule has 0 fully saturated rings. The lowest BCUT2D eigenvalue weighted by atomic mass is 10.1. The third kappa shape index (κ3) is 4.12. The molecule has 0 radical (unpaired) electrons. The summed E-state index contributed by atoms with van der Waals surface area (Å²) in [6.07, 6.45) is 4.50. The lowest BCUT2D eigenvalue weighted by molar-refractivity contribution is 0.102. The molecule has 3 rings (SSSR count). The summed E-state index contributed by atoms with van der Waals surface area (Å²) < 4.78 is 6.88. The van der Waals surface area contributed by atoms with E-state index in [1.807, 2.05) is 24.3 Å². The van der Waals surface area contributed by atoms with Crippen molar-refractivity contribution in [3.8, 4) is 0 Å².